The number of hydrogen-bond acceptors (Lipinski definition) is 4. The first-order valence-corrected chi connectivity index (χ1v) is 7.85. The molecule has 0 bridgehead atoms. The number of amides is 1. The minimum Gasteiger partial charge on any atom is -0.355 e. The molecule has 3 aromatic heterocycles. The Kier molecular flexibility index (Phi) is 3.92. The summed E-state index contributed by atoms with van der Waals surface area (Å²) < 4.78 is 3.24. The van der Waals surface area contributed by atoms with Gasteiger partial charge in [0, 0.05) is 18.8 Å². The molecular weight excluding hydrogens is 306 g/mol. The van der Waals surface area contributed by atoms with E-state index in [9.17, 15) is 9.59 Å². The number of pyridine rings is 2. The molecule has 0 fully saturated rings. The number of nitrogens with two attached hydrogens (primary N) is 1. The SMILES string of the molecule is CCC[n+]1c(N)c(C(=O)NC)cc2c(=O)n3cccc(C)c3nc21. The van der Waals surface area contributed by atoms with Crippen LogP contribution in [0, 0.1) is 6.92 Å². The van der Waals surface area contributed by atoms with Gasteiger partial charge in [-0.2, -0.15) is 0 Å². The van der Waals surface area contributed by atoms with Gasteiger partial charge in [-0.3, -0.25) is 14.0 Å². The minimum atomic E-state index is -0.326. The Labute approximate surface area is 138 Å². The van der Waals surface area contributed by atoms with Gasteiger partial charge in [0.05, 0.1) is 6.54 Å². The third kappa shape index (κ3) is 2.29. The lowest BCUT2D eigenvalue weighted by atomic mass is 10.1. The smallest absolute Gasteiger partial charge is 0.278 e. The molecule has 0 radical (unpaired) electrons. The number of nitrogen functional groups attached to an aromatic ring is 1. The molecule has 3 heterocycles. The molecule has 0 spiro atoms. The van der Waals surface area contributed by atoms with Crippen LogP contribution in [0.4, 0.5) is 5.82 Å². The second-order valence-electron chi connectivity index (χ2n) is 5.71. The average Bonchev–Trinajstić information content (AvgIpc) is 2.58. The molecule has 0 saturated heterocycles. The molecule has 24 heavy (non-hydrogen) atoms. The van der Waals surface area contributed by atoms with E-state index in [1.165, 1.54) is 17.5 Å². The van der Waals surface area contributed by atoms with Gasteiger partial charge in [-0.1, -0.05) is 18.0 Å². The van der Waals surface area contributed by atoms with Gasteiger partial charge >= 0.3 is 0 Å². The van der Waals surface area contributed by atoms with Crippen molar-refractivity contribution in [3.05, 3.63) is 45.9 Å². The van der Waals surface area contributed by atoms with Crippen LogP contribution in [0.25, 0.3) is 16.7 Å². The zero-order valence-corrected chi connectivity index (χ0v) is 14.0. The van der Waals surface area contributed by atoms with E-state index >= 15 is 0 Å². The number of rotatable bonds is 3. The van der Waals surface area contributed by atoms with Crippen molar-refractivity contribution in [3.63, 3.8) is 0 Å². The van der Waals surface area contributed by atoms with Crippen LogP contribution in [-0.2, 0) is 6.54 Å². The van der Waals surface area contributed by atoms with Crippen molar-refractivity contribution in [2.45, 2.75) is 26.8 Å². The summed E-state index contributed by atoms with van der Waals surface area (Å²) in [4.78, 5) is 29.7. The number of nitrogens with zero attached hydrogens (tertiary/aromatic N) is 3. The summed E-state index contributed by atoms with van der Waals surface area (Å²) >= 11 is 0. The van der Waals surface area contributed by atoms with Crippen molar-refractivity contribution in [1.82, 2.24) is 14.7 Å². The van der Waals surface area contributed by atoms with E-state index in [-0.39, 0.29) is 17.0 Å². The molecule has 124 valence electrons. The van der Waals surface area contributed by atoms with Gasteiger partial charge in [0.15, 0.2) is 0 Å². The maximum atomic E-state index is 12.9. The van der Waals surface area contributed by atoms with Crippen LogP contribution in [0.2, 0.25) is 0 Å². The molecule has 7 heteroatoms. The van der Waals surface area contributed by atoms with E-state index < -0.39 is 0 Å². The first kappa shape index (κ1) is 15.9. The van der Waals surface area contributed by atoms with Gasteiger partial charge in [-0.25, -0.2) is 4.57 Å². The predicted molar refractivity (Wildman–Crippen MR) is 92.0 cm³/mol. The largest absolute Gasteiger partial charge is 0.355 e. The fourth-order valence-electron chi connectivity index (χ4n) is 2.88. The molecule has 0 aromatic carbocycles. The van der Waals surface area contributed by atoms with Crippen LogP contribution in [0.5, 0.6) is 0 Å². The van der Waals surface area contributed by atoms with E-state index in [1.807, 2.05) is 19.9 Å². The first-order chi connectivity index (χ1) is 11.5. The van der Waals surface area contributed by atoms with Crippen LogP contribution < -0.4 is 21.2 Å². The monoisotopic (exact) mass is 326 g/mol. The molecule has 0 unspecified atom stereocenters. The van der Waals surface area contributed by atoms with E-state index in [0.29, 0.717) is 29.0 Å². The normalized spacial score (nSPS) is 11.1. The molecule has 3 N–H and O–H groups in total. The second kappa shape index (κ2) is 5.92. The molecule has 0 aliphatic rings. The molecule has 0 saturated carbocycles. The topological polar surface area (TPSA) is 93.4 Å². The Morgan fingerprint density at radius 2 is 2.21 bits per heavy atom. The fraction of sp³-hybridized carbons (Fsp3) is 0.294. The summed E-state index contributed by atoms with van der Waals surface area (Å²) in [6, 6.07) is 5.23. The standard InChI is InChI=1S/C17H19N5O2/c1-4-7-21-13(18)11(16(23)19-3)9-12-15(21)20-14-10(2)6-5-8-22(14)17(12)24/h5-6,8-9,18H,4,7H2,1-3H3,(H,19,23)/p+1. The number of carbonyl (C=O) groups is 1. The number of hydrogen-bond donors (Lipinski definition) is 2. The Balaban J connectivity index is 2.53. The zero-order valence-electron chi connectivity index (χ0n) is 14.0. The third-order valence-corrected chi connectivity index (χ3v) is 4.09. The Bertz CT molecular complexity index is 1020. The Morgan fingerprint density at radius 3 is 2.88 bits per heavy atom. The molecule has 0 atom stereocenters. The van der Waals surface area contributed by atoms with Crippen LogP contribution >= 0.6 is 0 Å². The number of carbonyl (C=O) groups excluding carboxylic acids is 1. The second-order valence-corrected chi connectivity index (χ2v) is 5.71. The highest BCUT2D eigenvalue weighted by atomic mass is 16.1. The van der Waals surface area contributed by atoms with Gasteiger partial charge < -0.3 is 11.1 Å². The lowest BCUT2D eigenvalue weighted by molar-refractivity contribution is -0.658. The molecule has 0 aliphatic carbocycles. The summed E-state index contributed by atoms with van der Waals surface area (Å²) in [6.07, 6.45) is 2.48. The zero-order chi connectivity index (χ0) is 17.4. The van der Waals surface area contributed by atoms with E-state index in [1.54, 1.807) is 16.8 Å². The van der Waals surface area contributed by atoms with Gasteiger partial charge in [-0.15, -0.1) is 0 Å². The van der Waals surface area contributed by atoms with Crippen LogP contribution in [-0.4, -0.2) is 22.3 Å². The minimum absolute atomic E-state index is 0.214. The highest BCUT2D eigenvalue weighted by Gasteiger charge is 2.23. The van der Waals surface area contributed by atoms with Gasteiger partial charge in [0.2, 0.25) is 11.5 Å². The highest BCUT2D eigenvalue weighted by Crippen LogP contribution is 2.15. The molecule has 3 rings (SSSR count). The van der Waals surface area contributed by atoms with Crippen LogP contribution in [0.15, 0.2) is 29.2 Å². The van der Waals surface area contributed by atoms with E-state index in [4.69, 9.17) is 5.73 Å². The fourth-order valence-corrected chi connectivity index (χ4v) is 2.88. The summed E-state index contributed by atoms with van der Waals surface area (Å²) in [7, 11) is 1.53. The average molecular weight is 326 g/mol. The molecule has 0 aliphatic heterocycles. The lowest BCUT2D eigenvalue weighted by Gasteiger charge is -2.11. The van der Waals surface area contributed by atoms with Crippen LogP contribution in [0.1, 0.15) is 29.3 Å². The number of fused-ring (bicyclic) bond motifs is 2. The van der Waals surface area contributed by atoms with Crippen molar-refractivity contribution in [2.24, 2.45) is 0 Å². The first-order valence-electron chi connectivity index (χ1n) is 7.85. The maximum absolute atomic E-state index is 12.9. The Morgan fingerprint density at radius 1 is 1.46 bits per heavy atom. The number of nitrogens with one attached hydrogen (secondary N) is 1. The molecule has 1 amide bonds. The molecular formula is C17H20N5O2+. The van der Waals surface area contributed by atoms with Crippen molar-refractivity contribution >= 4 is 28.4 Å². The van der Waals surface area contributed by atoms with Gasteiger partial charge in [0.1, 0.15) is 10.9 Å². The van der Waals surface area contributed by atoms with Crippen molar-refractivity contribution in [1.29, 1.82) is 0 Å². The number of aryl methyl sites for hydroxylation is 2. The summed E-state index contributed by atoms with van der Waals surface area (Å²) in [6.45, 7) is 4.48. The molecule has 7 nitrogen and oxygen atoms in total. The quantitative estimate of drug-likeness (QED) is 0.550. The Hall–Kier alpha value is -2.96. The van der Waals surface area contributed by atoms with E-state index in [2.05, 4.69) is 10.3 Å². The van der Waals surface area contributed by atoms with Gasteiger partial charge in [-0.05, 0) is 25.5 Å². The van der Waals surface area contributed by atoms with Crippen LogP contribution in [0.3, 0.4) is 0 Å². The van der Waals surface area contributed by atoms with Crippen molar-refractivity contribution < 1.29 is 9.36 Å². The lowest BCUT2D eigenvalue weighted by Crippen LogP contribution is -2.42. The van der Waals surface area contributed by atoms with Crippen molar-refractivity contribution in [2.75, 3.05) is 12.8 Å². The number of anilines is 1. The summed E-state index contributed by atoms with van der Waals surface area (Å²) in [5.74, 6) is -0.0125. The maximum Gasteiger partial charge on any atom is 0.278 e. The highest BCUT2D eigenvalue weighted by molar-refractivity contribution is 6.00. The summed E-state index contributed by atoms with van der Waals surface area (Å²) in [5, 5.41) is 2.93. The van der Waals surface area contributed by atoms with E-state index in [0.717, 1.165) is 12.0 Å². The van der Waals surface area contributed by atoms with Crippen molar-refractivity contribution in [3.8, 4) is 0 Å². The molecule has 3 aromatic rings. The predicted octanol–water partition coefficient (Wildman–Crippen LogP) is 0.795. The van der Waals surface area contributed by atoms with Gasteiger partial charge in [0.25, 0.3) is 17.1 Å². The third-order valence-electron chi connectivity index (χ3n) is 4.09. The summed E-state index contributed by atoms with van der Waals surface area (Å²) in [5.41, 5.74) is 8.25. The number of aromatic nitrogens is 3.